The molecule has 1 aromatic heterocycles. The van der Waals surface area contributed by atoms with Crippen molar-refractivity contribution in [3.63, 3.8) is 0 Å². The summed E-state index contributed by atoms with van der Waals surface area (Å²) in [5.74, 6) is 0.286. The van der Waals surface area contributed by atoms with Crippen LogP contribution in [0, 0.1) is 12.8 Å². The van der Waals surface area contributed by atoms with Crippen molar-refractivity contribution in [2.75, 3.05) is 0 Å². The highest BCUT2D eigenvalue weighted by atomic mass is 16.3. The maximum atomic E-state index is 9.56. The summed E-state index contributed by atoms with van der Waals surface area (Å²) in [5, 5.41) is 13.7. The summed E-state index contributed by atoms with van der Waals surface area (Å²) in [7, 11) is 0. The van der Waals surface area contributed by atoms with Gasteiger partial charge in [-0.1, -0.05) is 13.8 Å². The summed E-state index contributed by atoms with van der Waals surface area (Å²) in [6.45, 7) is 6.59. The third-order valence-corrected chi connectivity index (χ3v) is 2.06. The zero-order chi connectivity index (χ0) is 9.14. The summed E-state index contributed by atoms with van der Waals surface area (Å²) >= 11 is 0. The van der Waals surface area contributed by atoms with Gasteiger partial charge in [0.2, 0.25) is 0 Å². The largest absolute Gasteiger partial charge is 0.391 e. The van der Waals surface area contributed by atoms with Crippen molar-refractivity contribution in [3.8, 4) is 0 Å². The molecule has 0 aliphatic rings. The summed E-state index contributed by atoms with van der Waals surface area (Å²) in [4.78, 5) is 0. The molecule has 68 valence electrons. The number of hydrogen-bond acceptors (Lipinski definition) is 2. The van der Waals surface area contributed by atoms with E-state index in [4.69, 9.17) is 0 Å². The van der Waals surface area contributed by atoms with Crippen LogP contribution < -0.4 is 0 Å². The van der Waals surface area contributed by atoms with Crippen LogP contribution in [0.15, 0.2) is 12.3 Å². The molecule has 1 N–H and O–H groups in total. The van der Waals surface area contributed by atoms with Gasteiger partial charge in [-0.15, -0.1) is 0 Å². The molecule has 1 unspecified atom stereocenters. The van der Waals surface area contributed by atoms with Crippen molar-refractivity contribution in [3.05, 3.63) is 18.0 Å². The third-order valence-electron chi connectivity index (χ3n) is 2.06. The number of aliphatic hydroxyl groups excluding tert-OH is 1. The maximum Gasteiger partial charge on any atom is 0.0759 e. The molecule has 0 saturated carbocycles. The fourth-order valence-electron chi connectivity index (χ4n) is 0.978. The number of aryl methyl sites for hydroxylation is 1. The van der Waals surface area contributed by atoms with Crippen LogP contribution in [0.25, 0.3) is 0 Å². The zero-order valence-corrected chi connectivity index (χ0v) is 7.86. The molecule has 1 aromatic rings. The van der Waals surface area contributed by atoms with Gasteiger partial charge >= 0.3 is 0 Å². The molecule has 3 nitrogen and oxygen atoms in total. The molecule has 1 atom stereocenters. The third kappa shape index (κ3) is 2.08. The first-order chi connectivity index (χ1) is 5.61. The lowest BCUT2D eigenvalue weighted by Crippen LogP contribution is -2.22. The first kappa shape index (κ1) is 9.26. The van der Waals surface area contributed by atoms with E-state index in [2.05, 4.69) is 5.10 Å². The summed E-state index contributed by atoms with van der Waals surface area (Å²) in [5.41, 5.74) is 1.09. The lowest BCUT2D eigenvalue weighted by atomic mass is 10.1. The minimum Gasteiger partial charge on any atom is -0.391 e. The summed E-state index contributed by atoms with van der Waals surface area (Å²) in [6.07, 6.45) is 1.45. The first-order valence-electron chi connectivity index (χ1n) is 4.27. The van der Waals surface area contributed by atoms with Crippen LogP contribution in [0.5, 0.6) is 0 Å². The van der Waals surface area contributed by atoms with E-state index in [-0.39, 0.29) is 12.0 Å². The lowest BCUT2D eigenvalue weighted by Gasteiger charge is -2.14. The molecular weight excluding hydrogens is 152 g/mol. The van der Waals surface area contributed by atoms with Crippen LogP contribution in [0.3, 0.4) is 0 Å². The van der Waals surface area contributed by atoms with Crippen molar-refractivity contribution >= 4 is 0 Å². The quantitative estimate of drug-likeness (QED) is 0.736. The van der Waals surface area contributed by atoms with Crippen LogP contribution in [0.4, 0.5) is 0 Å². The molecule has 3 heteroatoms. The Morgan fingerprint density at radius 1 is 1.58 bits per heavy atom. The van der Waals surface area contributed by atoms with Gasteiger partial charge in [-0.05, 0) is 18.9 Å². The van der Waals surface area contributed by atoms with E-state index in [1.54, 1.807) is 6.20 Å². The molecule has 0 radical (unpaired) electrons. The van der Waals surface area contributed by atoms with Crippen molar-refractivity contribution in [1.82, 2.24) is 9.78 Å². The molecule has 0 spiro atoms. The molecule has 0 aliphatic heterocycles. The van der Waals surface area contributed by atoms with Crippen molar-refractivity contribution < 1.29 is 5.11 Å². The standard InChI is InChI=1S/C9H16N2O/c1-7(2)9(12)6-11-8(3)4-5-10-11/h4-5,7,9,12H,6H2,1-3H3. The van der Waals surface area contributed by atoms with Gasteiger partial charge in [0.15, 0.2) is 0 Å². The normalized spacial score (nSPS) is 13.8. The lowest BCUT2D eigenvalue weighted by molar-refractivity contribution is 0.102. The van der Waals surface area contributed by atoms with Gasteiger partial charge in [-0.25, -0.2) is 0 Å². The molecule has 0 fully saturated rings. The Hall–Kier alpha value is -0.830. The average molecular weight is 168 g/mol. The van der Waals surface area contributed by atoms with Gasteiger partial charge < -0.3 is 5.11 Å². The first-order valence-corrected chi connectivity index (χ1v) is 4.27. The Kier molecular flexibility index (Phi) is 2.87. The smallest absolute Gasteiger partial charge is 0.0759 e. The van der Waals surface area contributed by atoms with Gasteiger partial charge in [0, 0.05) is 11.9 Å². The van der Waals surface area contributed by atoms with Crippen LogP contribution in [-0.4, -0.2) is 21.0 Å². The summed E-state index contributed by atoms with van der Waals surface area (Å²) < 4.78 is 1.82. The SMILES string of the molecule is Cc1ccnn1CC(O)C(C)C. The molecule has 0 aromatic carbocycles. The van der Waals surface area contributed by atoms with Crippen LogP contribution >= 0.6 is 0 Å². The van der Waals surface area contributed by atoms with Gasteiger partial charge in [0.05, 0.1) is 12.6 Å². The molecule has 0 bridgehead atoms. The molecular formula is C9H16N2O. The van der Waals surface area contributed by atoms with E-state index >= 15 is 0 Å². The Morgan fingerprint density at radius 3 is 2.67 bits per heavy atom. The van der Waals surface area contributed by atoms with Crippen molar-refractivity contribution in [2.24, 2.45) is 5.92 Å². The van der Waals surface area contributed by atoms with E-state index in [9.17, 15) is 5.11 Å². The zero-order valence-electron chi connectivity index (χ0n) is 7.86. The maximum absolute atomic E-state index is 9.56. The molecule has 12 heavy (non-hydrogen) atoms. The number of nitrogens with zero attached hydrogens (tertiary/aromatic N) is 2. The fourth-order valence-corrected chi connectivity index (χ4v) is 0.978. The van der Waals surface area contributed by atoms with E-state index in [0.717, 1.165) is 5.69 Å². The Bertz CT molecular complexity index is 242. The van der Waals surface area contributed by atoms with Crippen molar-refractivity contribution in [2.45, 2.75) is 33.4 Å². The molecule has 0 saturated heterocycles. The van der Waals surface area contributed by atoms with Crippen LogP contribution in [-0.2, 0) is 6.54 Å². The van der Waals surface area contributed by atoms with Crippen molar-refractivity contribution in [1.29, 1.82) is 0 Å². The van der Waals surface area contributed by atoms with Gasteiger partial charge in [-0.3, -0.25) is 4.68 Å². The monoisotopic (exact) mass is 168 g/mol. The summed E-state index contributed by atoms with van der Waals surface area (Å²) in [6, 6.07) is 1.94. The highest BCUT2D eigenvalue weighted by Crippen LogP contribution is 2.05. The fraction of sp³-hybridized carbons (Fsp3) is 0.667. The molecule has 0 amide bonds. The van der Waals surface area contributed by atoms with Gasteiger partial charge in [0.25, 0.3) is 0 Å². The van der Waals surface area contributed by atoms with Gasteiger partial charge in [0.1, 0.15) is 0 Å². The minimum atomic E-state index is -0.302. The second-order valence-corrected chi connectivity index (χ2v) is 3.47. The molecule has 1 rings (SSSR count). The topological polar surface area (TPSA) is 38.0 Å². The second-order valence-electron chi connectivity index (χ2n) is 3.47. The van der Waals surface area contributed by atoms with Gasteiger partial charge in [-0.2, -0.15) is 5.10 Å². The number of rotatable bonds is 3. The predicted molar refractivity (Wildman–Crippen MR) is 47.8 cm³/mol. The Morgan fingerprint density at radius 2 is 2.25 bits per heavy atom. The predicted octanol–water partition coefficient (Wildman–Crippen LogP) is 1.21. The van der Waals surface area contributed by atoms with E-state index < -0.39 is 0 Å². The number of aromatic nitrogens is 2. The van der Waals surface area contributed by atoms with E-state index in [1.165, 1.54) is 0 Å². The number of hydrogen-bond donors (Lipinski definition) is 1. The minimum absolute atomic E-state index is 0.286. The highest BCUT2D eigenvalue weighted by molar-refractivity contribution is 4.96. The van der Waals surface area contributed by atoms with E-state index in [0.29, 0.717) is 6.54 Å². The van der Waals surface area contributed by atoms with Crippen LogP contribution in [0.2, 0.25) is 0 Å². The Balaban J connectivity index is 2.58. The molecule has 1 heterocycles. The van der Waals surface area contributed by atoms with E-state index in [1.807, 2.05) is 31.5 Å². The average Bonchev–Trinajstić information content (AvgIpc) is 2.36. The highest BCUT2D eigenvalue weighted by Gasteiger charge is 2.10. The molecule has 0 aliphatic carbocycles. The number of aliphatic hydroxyl groups is 1. The van der Waals surface area contributed by atoms with Crippen LogP contribution in [0.1, 0.15) is 19.5 Å². The second kappa shape index (κ2) is 3.72. The Labute approximate surface area is 73.0 Å².